The summed E-state index contributed by atoms with van der Waals surface area (Å²) in [5.41, 5.74) is 2.15. The highest BCUT2D eigenvalue weighted by atomic mass is 16.5. The van der Waals surface area contributed by atoms with E-state index < -0.39 is 24.5 Å². The Kier molecular flexibility index (Phi) is 6.79. The number of nitrogens with zero attached hydrogens (tertiary/aromatic N) is 1. The van der Waals surface area contributed by atoms with Crippen LogP contribution in [-0.2, 0) is 16.1 Å². The summed E-state index contributed by atoms with van der Waals surface area (Å²) in [6.07, 6.45) is 2.98. The zero-order chi connectivity index (χ0) is 22.5. The maximum absolute atomic E-state index is 12.7. The van der Waals surface area contributed by atoms with E-state index >= 15 is 0 Å². The van der Waals surface area contributed by atoms with Crippen molar-refractivity contribution in [3.63, 3.8) is 0 Å². The molecule has 0 radical (unpaired) electrons. The number of ketones is 1. The van der Waals surface area contributed by atoms with Crippen LogP contribution in [0.25, 0.3) is 0 Å². The van der Waals surface area contributed by atoms with Crippen LogP contribution in [0.1, 0.15) is 51.9 Å². The third kappa shape index (κ3) is 5.14. The molecule has 0 aromatic carbocycles. The zero-order valence-corrected chi connectivity index (χ0v) is 18.0. The summed E-state index contributed by atoms with van der Waals surface area (Å²) in [7, 11) is 0. The number of hydrogen-bond acceptors (Lipinski definition) is 6. The number of esters is 1. The van der Waals surface area contributed by atoms with E-state index in [0.29, 0.717) is 12.1 Å². The molecule has 0 saturated carbocycles. The van der Waals surface area contributed by atoms with Gasteiger partial charge in [-0.25, -0.2) is 4.79 Å². The molecular weight excluding hydrogens is 400 g/mol. The van der Waals surface area contributed by atoms with Crippen molar-refractivity contribution in [2.45, 2.75) is 40.3 Å². The zero-order valence-electron chi connectivity index (χ0n) is 18.0. The van der Waals surface area contributed by atoms with Gasteiger partial charge in [-0.2, -0.15) is 0 Å². The van der Waals surface area contributed by atoms with Crippen molar-refractivity contribution in [2.75, 3.05) is 6.61 Å². The first-order valence-electron chi connectivity index (χ1n) is 10.0. The van der Waals surface area contributed by atoms with E-state index in [4.69, 9.17) is 13.6 Å². The van der Waals surface area contributed by atoms with Crippen LogP contribution in [-0.4, -0.2) is 34.9 Å². The van der Waals surface area contributed by atoms with Crippen molar-refractivity contribution in [2.24, 2.45) is 5.92 Å². The number of aryl methyl sites for hydroxylation is 1. The van der Waals surface area contributed by atoms with Crippen LogP contribution in [0.15, 0.2) is 51.7 Å². The van der Waals surface area contributed by atoms with Crippen LogP contribution in [0, 0.1) is 19.8 Å². The maximum Gasteiger partial charge on any atom is 0.329 e. The second-order valence-electron chi connectivity index (χ2n) is 7.65. The lowest BCUT2D eigenvalue weighted by Crippen LogP contribution is -2.45. The summed E-state index contributed by atoms with van der Waals surface area (Å²) >= 11 is 0. The summed E-state index contributed by atoms with van der Waals surface area (Å²) in [5, 5.41) is 2.60. The Hall–Kier alpha value is -3.55. The van der Waals surface area contributed by atoms with Crippen molar-refractivity contribution in [1.29, 1.82) is 0 Å². The third-order valence-corrected chi connectivity index (χ3v) is 5.07. The Morgan fingerprint density at radius 3 is 2.42 bits per heavy atom. The van der Waals surface area contributed by atoms with Gasteiger partial charge in [0.1, 0.15) is 11.8 Å². The van der Waals surface area contributed by atoms with Gasteiger partial charge in [0.2, 0.25) is 5.78 Å². The van der Waals surface area contributed by atoms with Crippen LogP contribution >= 0.6 is 0 Å². The van der Waals surface area contributed by atoms with Gasteiger partial charge in [-0.3, -0.25) is 9.59 Å². The van der Waals surface area contributed by atoms with Crippen LogP contribution in [0.5, 0.6) is 0 Å². The number of aromatic nitrogens is 1. The fourth-order valence-electron chi connectivity index (χ4n) is 3.31. The molecule has 3 aromatic heterocycles. The molecule has 1 N–H and O–H groups in total. The van der Waals surface area contributed by atoms with Gasteiger partial charge in [0.15, 0.2) is 12.4 Å². The number of furan rings is 2. The highest BCUT2D eigenvalue weighted by molar-refractivity contribution is 6.00. The van der Waals surface area contributed by atoms with Crippen molar-refractivity contribution in [3.05, 3.63) is 71.3 Å². The first-order valence-corrected chi connectivity index (χ1v) is 10.0. The van der Waals surface area contributed by atoms with Gasteiger partial charge in [0.25, 0.3) is 5.91 Å². The van der Waals surface area contributed by atoms with E-state index in [-0.39, 0.29) is 17.5 Å². The average Bonchev–Trinajstić information content (AvgIpc) is 3.49. The van der Waals surface area contributed by atoms with Gasteiger partial charge in [0, 0.05) is 17.0 Å². The third-order valence-electron chi connectivity index (χ3n) is 5.07. The van der Waals surface area contributed by atoms with Gasteiger partial charge >= 0.3 is 5.97 Å². The molecule has 31 heavy (non-hydrogen) atoms. The second kappa shape index (κ2) is 9.51. The molecule has 164 valence electrons. The number of carbonyl (C=O) groups excluding carboxylic acids is 3. The number of hydrogen-bond donors (Lipinski definition) is 1. The molecule has 0 spiro atoms. The van der Waals surface area contributed by atoms with E-state index in [2.05, 4.69) is 5.32 Å². The minimum Gasteiger partial charge on any atom is -0.467 e. The van der Waals surface area contributed by atoms with Crippen molar-refractivity contribution < 1.29 is 28.0 Å². The van der Waals surface area contributed by atoms with Gasteiger partial charge in [0.05, 0.1) is 19.1 Å². The Bertz CT molecular complexity index is 1040. The smallest absolute Gasteiger partial charge is 0.329 e. The largest absolute Gasteiger partial charge is 0.467 e. The molecule has 0 fully saturated rings. The fourth-order valence-corrected chi connectivity index (χ4v) is 3.31. The van der Waals surface area contributed by atoms with Gasteiger partial charge in [-0.15, -0.1) is 0 Å². The lowest BCUT2D eigenvalue weighted by Gasteiger charge is -2.20. The van der Waals surface area contributed by atoms with Crippen LogP contribution in [0.3, 0.4) is 0 Å². The lowest BCUT2D eigenvalue weighted by atomic mass is 10.0. The molecule has 0 aliphatic heterocycles. The molecule has 8 nitrogen and oxygen atoms in total. The van der Waals surface area contributed by atoms with Crippen molar-refractivity contribution in [3.8, 4) is 0 Å². The highest BCUT2D eigenvalue weighted by Crippen LogP contribution is 2.18. The average molecular weight is 426 g/mol. The Morgan fingerprint density at radius 1 is 1.10 bits per heavy atom. The molecule has 0 saturated heterocycles. The molecular formula is C23H26N2O6. The quantitative estimate of drug-likeness (QED) is 0.415. The molecule has 0 aliphatic carbocycles. The highest BCUT2D eigenvalue weighted by Gasteiger charge is 2.28. The van der Waals surface area contributed by atoms with Crippen LogP contribution < -0.4 is 5.32 Å². The van der Waals surface area contributed by atoms with Crippen molar-refractivity contribution in [1.82, 2.24) is 9.88 Å². The molecule has 1 atom stereocenters. The van der Waals surface area contributed by atoms with Crippen LogP contribution in [0.2, 0.25) is 0 Å². The predicted octanol–water partition coefficient (Wildman–Crippen LogP) is 3.52. The van der Waals surface area contributed by atoms with Gasteiger partial charge in [-0.05, 0) is 50.1 Å². The summed E-state index contributed by atoms with van der Waals surface area (Å²) < 4.78 is 17.7. The van der Waals surface area contributed by atoms with Gasteiger partial charge < -0.3 is 23.5 Å². The Labute approximate surface area is 180 Å². The number of ether oxygens (including phenoxy) is 1. The minimum atomic E-state index is -0.906. The number of nitrogens with one attached hydrogen (secondary N) is 1. The standard InChI is InChI=1S/C23H26N2O6/c1-14(2)21(24-22(27)20-8-6-10-30-20)23(28)31-13-19(26)18-11-15(3)25(16(18)4)12-17-7-5-9-29-17/h5-11,14,21H,12-13H2,1-4H3,(H,24,27)/t21-/m1/s1. The Balaban J connectivity index is 1.63. The second-order valence-corrected chi connectivity index (χ2v) is 7.65. The molecule has 0 unspecified atom stereocenters. The predicted molar refractivity (Wildman–Crippen MR) is 112 cm³/mol. The molecule has 3 aromatic rings. The molecule has 0 aliphatic rings. The fraction of sp³-hybridized carbons (Fsp3) is 0.348. The topological polar surface area (TPSA) is 104 Å². The van der Waals surface area contributed by atoms with E-state index in [0.717, 1.165) is 17.1 Å². The van der Waals surface area contributed by atoms with E-state index in [1.165, 1.54) is 12.3 Å². The number of Topliss-reactive ketones (excluding diaryl/α,β-unsaturated/α-hetero) is 1. The van der Waals surface area contributed by atoms with E-state index in [9.17, 15) is 14.4 Å². The summed E-state index contributed by atoms with van der Waals surface area (Å²) in [4.78, 5) is 37.5. The van der Waals surface area contributed by atoms with Crippen molar-refractivity contribution >= 4 is 17.7 Å². The molecule has 0 bridgehead atoms. The Morgan fingerprint density at radius 2 is 1.81 bits per heavy atom. The summed E-state index contributed by atoms with van der Waals surface area (Å²) in [6.45, 7) is 7.38. The lowest BCUT2D eigenvalue weighted by molar-refractivity contribution is -0.145. The SMILES string of the molecule is Cc1cc(C(=O)COC(=O)[C@H](NC(=O)c2ccco2)C(C)C)c(C)n1Cc1ccco1. The number of carbonyl (C=O) groups is 3. The minimum absolute atomic E-state index is 0.0959. The monoisotopic (exact) mass is 426 g/mol. The summed E-state index contributed by atoms with van der Waals surface area (Å²) in [6, 6.07) is 7.62. The number of amides is 1. The molecule has 8 heteroatoms. The first kappa shape index (κ1) is 22.1. The normalized spacial score (nSPS) is 12.0. The van der Waals surface area contributed by atoms with E-state index in [1.807, 2.05) is 30.5 Å². The molecule has 3 heterocycles. The first-order chi connectivity index (χ1) is 14.8. The maximum atomic E-state index is 12.7. The van der Waals surface area contributed by atoms with Crippen LogP contribution in [0.4, 0.5) is 0 Å². The number of rotatable bonds is 9. The molecule has 3 rings (SSSR count). The van der Waals surface area contributed by atoms with Gasteiger partial charge in [-0.1, -0.05) is 13.8 Å². The molecule has 1 amide bonds. The van der Waals surface area contributed by atoms with E-state index in [1.54, 1.807) is 32.2 Å². The summed E-state index contributed by atoms with van der Waals surface area (Å²) in [5.74, 6) is -0.870.